The Kier molecular flexibility index (Phi) is 3.96. The van der Waals surface area contributed by atoms with Crippen LogP contribution in [0.3, 0.4) is 0 Å². The quantitative estimate of drug-likeness (QED) is 0.460. The summed E-state index contributed by atoms with van der Waals surface area (Å²) in [5, 5.41) is 21.4. The minimum absolute atomic E-state index is 0.539. The Morgan fingerprint density at radius 2 is 2.00 bits per heavy atom. The van der Waals surface area contributed by atoms with E-state index in [2.05, 4.69) is 49.4 Å². The van der Waals surface area contributed by atoms with Crippen LogP contribution < -0.4 is 10.2 Å². The predicted octanol–water partition coefficient (Wildman–Crippen LogP) is 2.97. The molecule has 1 aromatic carbocycles. The van der Waals surface area contributed by atoms with Gasteiger partial charge in [0.25, 0.3) is 0 Å². The summed E-state index contributed by atoms with van der Waals surface area (Å²) in [6.07, 6.45) is 8.26. The smallest absolute Gasteiger partial charge is 0.185 e. The number of pyridine rings is 1. The van der Waals surface area contributed by atoms with Crippen molar-refractivity contribution in [2.75, 3.05) is 18.0 Å². The van der Waals surface area contributed by atoms with Crippen LogP contribution in [0.1, 0.15) is 24.0 Å². The Hall–Kier alpha value is -3.96. The highest BCUT2D eigenvalue weighted by atomic mass is 15.3. The summed E-state index contributed by atoms with van der Waals surface area (Å²) >= 11 is 0. The maximum atomic E-state index is 9.11. The van der Waals surface area contributed by atoms with Crippen molar-refractivity contribution >= 4 is 5.82 Å². The highest BCUT2D eigenvalue weighted by Crippen LogP contribution is 2.36. The minimum Gasteiger partial charge on any atom is -0.352 e. The maximum absolute atomic E-state index is 9.11. The van der Waals surface area contributed by atoms with Gasteiger partial charge in [0, 0.05) is 42.5 Å². The van der Waals surface area contributed by atoms with E-state index in [1.165, 1.54) is 18.4 Å². The van der Waals surface area contributed by atoms with Crippen molar-refractivity contribution in [2.24, 2.45) is 0 Å². The fourth-order valence-electron chi connectivity index (χ4n) is 5.62. The van der Waals surface area contributed by atoms with Crippen LogP contribution in [0.5, 0.6) is 0 Å². The van der Waals surface area contributed by atoms with E-state index in [4.69, 9.17) is 10.2 Å². The first kappa shape index (κ1) is 18.6. The number of aromatic nitrogens is 5. The molecule has 3 aliphatic heterocycles. The number of hydrogen-bond donors (Lipinski definition) is 1. The molecule has 1 N–H and O–H groups in total. The molecule has 2 saturated heterocycles. The molecule has 0 amide bonds. The molecule has 4 aromatic rings. The summed E-state index contributed by atoms with van der Waals surface area (Å²) in [6.45, 7) is 2.87. The Morgan fingerprint density at radius 1 is 1.09 bits per heavy atom. The number of nitrogens with zero attached hydrogens (tertiary/aromatic N) is 7. The van der Waals surface area contributed by atoms with Crippen molar-refractivity contribution in [3.63, 3.8) is 0 Å². The van der Waals surface area contributed by atoms with Crippen molar-refractivity contribution in [2.45, 2.75) is 31.5 Å². The zero-order valence-corrected chi connectivity index (χ0v) is 18.0. The second kappa shape index (κ2) is 7.02. The Balaban J connectivity index is 1.31. The molecule has 0 bridgehead atoms. The third kappa shape index (κ3) is 2.82. The summed E-state index contributed by atoms with van der Waals surface area (Å²) in [5.41, 5.74) is 6.09. The van der Waals surface area contributed by atoms with Gasteiger partial charge < -0.3 is 14.8 Å². The van der Waals surface area contributed by atoms with E-state index in [0.29, 0.717) is 17.6 Å². The molecule has 162 valence electrons. The van der Waals surface area contributed by atoms with Gasteiger partial charge in [-0.2, -0.15) is 5.26 Å². The second-order valence-corrected chi connectivity index (χ2v) is 9.03. The number of nitriles is 1. The van der Waals surface area contributed by atoms with Gasteiger partial charge in [0.15, 0.2) is 5.82 Å². The first-order valence-corrected chi connectivity index (χ1v) is 11.4. The lowest BCUT2D eigenvalue weighted by Crippen LogP contribution is -2.34. The number of anilines is 1. The third-order valence-electron chi connectivity index (χ3n) is 7.26. The summed E-state index contributed by atoms with van der Waals surface area (Å²) in [7, 11) is 0. The van der Waals surface area contributed by atoms with Gasteiger partial charge in [-0.1, -0.05) is 12.1 Å². The molecule has 0 saturated carbocycles. The molecule has 3 aromatic heterocycles. The van der Waals surface area contributed by atoms with E-state index < -0.39 is 0 Å². The van der Waals surface area contributed by atoms with Gasteiger partial charge in [0.05, 0.1) is 29.2 Å². The van der Waals surface area contributed by atoms with E-state index in [1.54, 1.807) is 6.33 Å². The van der Waals surface area contributed by atoms with E-state index >= 15 is 0 Å². The van der Waals surface area contributed by atoms with Gasteiger partial charge in [-0.3, -0.25) is 4.57 Å². The number of benzene rings is 1. The zero-order valence-electron chi connectivity index (χ0n) is 18.0. The average Bonchev–Trinajstić information content (AvgIpc) is 3.62. The first-order valence-electron chi connectivity index (χ1n) is 11.4. The zero-order chi connectivity index (χ0) is 21.9. The number of hydrogen-bond acceptors (Lipinski definition) is 6. The largest absolute Gasteiger partial charge is 0.352 e. The molecule has 2 fully saturated rings. The van der Waals surface area contributed by atoms with E-state index in [1.807, 2.05) is 35.0 Å². The van der Waals surface area contributed by atoms with Gasteiger partial charge in [0.2, 0.25) is 0 Å². The van der Waals surface area contributed by atoms with Crippen LogP contribution in [0.2, 0.25) is 0 Å². The Bertz CT molecular complexity index is 1410. The number of fused-ring (bicyclic) bond motifs is 6. The standard InChI is InChI=1S/C25H22N8/c26-11-16-1-3-17(4-2-16)18-9-22-25-30-29-15-33(25)23-12-28-24(10-19(23)14-31(22)13-18)32-8-6-20-21(32)5-7-27-20/h1-4,9-10,12-13,15,20-21,27H,5-8,14H2. The predicted molar refractivity (Wildman–Crippen MR) is 124 cm³/mol. The molecule has 6 heterocycles. The summed E-state index contributed by atoms with van der Waals surface area (Å²) in [4.78, 5) is 7.34. The first-order chi connectivity index (χ1) is 16.3. The van der Waals surface area contributed by atoms with Crippen LogP contribution in [0.4, 0.5) is 5.82 Å². The molecule has 0 radical (unpaired) electrons. The van der Waals surface area contributed by atoms with Crippen LogP contribution in [0.25, 0.3) is 28.3 Å². The van der Waals surface area contributed by atoms with Gasteiger partial charge >= 0.3 is 0 Å². The molecule has 33 heavy (non-hydrogen) atoms. The summed E-state index contributed by atoms with van der Waals surface area (Å²) < 4.78 is 4.28. The third-order valence-corrected chi connectivity index (χ3v) is 7.26. The molecule has 8 nitrogen and oxygen atoms in total. The lowest BCUT2D eigenvalue weighted by atomic mass is 10.1. The summed E-state index contributed by atoms with van der Waals surface area (Å²) in [5.74, 6) is 1.87. The van der Waals surface area contributed by atoms with Gasteiger partial charge in [-0.05, 0) is 49.2 Å². The second-order valence-electron chi connectivity index (χ2n) is 9.03. The van der Waals surface area contributed by atoms with Crippen molar-refractivity contribution in [3.8, 4) is 34.4 Å². The van der Waals surface area contributed by atoms with Gasteiger partial charge in [-0.15, -0.1) is 10.2 Å². The molecule has 7 rings (SSSR count). The van der Waals surface area contributed by atoms with E-state index in [-0.39, 0.29) is 0 Å². The minimum atomic E-state index is 0.539. The van der Waals surface area contributed by atoms with Gasteiger partial charge in [-0.25, -0.2) is 4.98 Å². The van der Waals surface area contributed by atoms with Crippen molar-refractivity contribution in [1.29, 1.82) is 5.26 Å². The SMILES string of the molecule is N#Cc1ccc(-c2cc3n(c2)Cc2cc(N4CCC5NCCC54)ncc2-n2cnnc2-3)cc1. The van der Waals surface area contributed by atoms with Crippen molar-refractivity contribution in [1.82, 2.24) is 29.6 Å². The molecular formula is C25H22N8. The highest BCUT2D eigenvalue weighted by molar-refractivity contribution is 5.72. The van der Waals surface area contributed by atoms with E-state index in [9.17, 15) is 0 Å². The van der Waals surface area contributed by atoms with Gasteiger partial charge in [0.1, 0.15) is 12.1 Å². The molecule has 2 atom stereocenters. The van der Waals surface area contributed by atoms with Crippen molar-refractivity contribution < 1.29 is 0 Å². The van der Waals surface area contributed by atoms with Crippen LogP contribution in [0.15, 0.2) is 55.1 Å². The van der Waals surface area contributed by atoms with Crippen molar-refractivity contribution in [3.05, 3.63) is 66.2 Å². The maximum Gasteiger partial charge on any atom is 0.185 e. The molecule has 0 aliphatic carbocycles. The monoisotopic (exact) mass is 434 g/mol. The van der Waals surface area contributed by atoms with E-state index in [0.717, 1.165) is 53.8 Å². The average molecular weight is 435 g/mol. The molecule has 2 unspecified atom stereocenters. The topological polar surface area (TPSA) is 87.6 Å². The van der Waals surface area contributed by atoms with Crippen LogP contribution >= 0.6 is 0 Å². The number of rotatable bonds is 2. The normalized spacial score (nSPS) is 20.5. The van der Waals surface area contributed by atoms with Crippen LogP contribution in [-0.2, 0) is 6.54 Å². The summed E-state index contributed by atoms with van der Waals surface area (Å²) in [6, 6.07) is 15.4. The molecule has 3 aliphatic rings. The van der Waals surface area contributed by atoms with Crippen LogP contribution in [-0.4, -0.2) is 49.5 Å². The fraction of sp³-hybridized carbons (Fsp3) is 0.280. The lowest BCUT2D eigenvalue weighted by Gasteiger charge is -2.25. The number of nitrogens with one attached hydrogen (secondary N) is 1. The Labute approximate surface area is 191 Å². The Morgan fingerprint density at radius 3 is 2.88 bits per heavy atom. The fourth-order valence-corrected chi connectivity index (χ4v) is 5.62. The molecular weight excluding hydrogens is 412 g/mol. The lowest BCUT2D eigenvalue weighted by molar-refractivity contribution is 0.599. The van der Waals surface area contributed by atoms with Crippen LogP contribution in [0, 0.1) is 11.3 Å². The molecule has 0 spiro atoms. The molecule has 8 heteroatoms. The highest BCUT2D eigenvalue weighted by Gasteiger charge is 2.38.